The van der Waals surface area contributed by atoms with Crippen molar-refractivity contribution in [3.63, 3.8) is 0 Å². The fourth-order valence-corrected chi connectivity index (χ4v) is 3.42. The van der Waals surface area contributed by atoms with E-state index in [1.54, 1.807) is 0 Å². The predicted molar refractivity (Wildman–Crippen MR) is 61.3 cm³/mol. The highest BCUT2D eigenvalue weighted by Crippen LogP contribution is 2.49. The second-order valence-electron chi connectivity index (χ2n) is 6.13. The van der Waals surface area contributed by atoms with Gasteiger partial charge in [0.2, 0.25) is 0 Å². The Balaban J connectivity index is 1.50. The fourth-order valence-electron chi connectivity index (χ4n) is 3.42. The van der Waals surface area contributed by atoms with Gasteiger partial charge in [0.15, 0.2) is 0 Å². The zero-order chi connectivity index (χ0) is 12.9. The first-order valence-electron chi connectivity index (χ1n) is 6.94. The minimum atomic E-state index is -4.11. The van der Waals surface area contributed by atoms with E-state index < -0.39 is 11.7 Å². The molecule has 1 spiro atoms. The minimum absolute atomic E-state index is 0.0152. The summed E-state index contributed by atoms with van der Waals surface area (Å²) in [5.74, 6) is 0. The van der Waals surface area contributed by atoms with Gasteiger partial charge in [-0.15, -0.1) is 0 Å². The quantitative estimate of drug-likeness (QED) is 0.844. The SMILES string of the molecule is FC(F)(F)C1(NCC2CCC3(CCCC3)O2)CC1. The Labute approximate surface area is 105 Å². The Kier molecular flexibility index (Phi) is 2.90. The lowest BCUT2D eigenvalue weighted by atomic mass is 9.98. The van der Waals surface area contributed by atoms with Gasteiger partial charge in [0.05, 0.1) is 11.7 Å². The van der Waals surface area contributed by atoms with Crippen LogP contribution < -0.4 is 5.32 Å². The van der Waals surface area contributed by atoms with Gasteiger partial charge in [0.25, 0.3) is 0 Å². The van der Waals surface area contributed by atoms with Crippen LogP contribution in [0.3, 0.4) is 0 Å². The number of hydrogen-bond donors (Lipinski definition) is 1. The van der Waals surface area contributed by atoms with E-state index in [0.29, 0.717) is 6.54 Å². The number of alkyl halides is 3. The summed E-state index contributed by atoms with van der Waals surface area (Å²) in [6.45, 7) is 0.348. The molecule has 3 rings (SSSR count). The molecule has 2 nitrogen and oxygen atoms in total. The van der Waals surface area contributed by atoms with E-state index in [0.717, 1.165) is 25.7 Å². The average Bonchev–Trinajstić information content (AvgIpc) is 2.82. The Morgan fingerprint density at radius 2 is 1.72 bits per heavy atom. The maximum Gasteiger partial charge on any atom is 0.406 e. The van der Waals surface area contributed by atoms with Crippen molar-refractivity contribution >= 4 is 0 Å². The van der Waals surface area contributed by atoms with Gasteiger partial charge in [-0.2, -0.15) is 13.2 Å². The third-order valence-corrected chi connectivity index (χ3v) is 4.81. The van der Waals surface area contributed by atoms with Crippen molar-refractivity contribution in [1.29, 1.82) is 0 Å². The molecule has 3 aliphatic rings. The first kappa shape index (κ1) is 12.7. The molecule has 2 saturated carbocycles. The molecule has 0 radical (unpaired) electrons. The molecule has 18 heavy (non-hydrogen) atoms. The van der Waals surface area contributed by atoms with E-state index in [2.05, 4.69) is 5.32 Å². The molecule has 0 bridgehead atoms. The second kappa shape index (κ2) is 4.10. The molecule has 1 heterocycles. The van der Waals surface area contributed by atoms with Crippen molar-refractivity contribution < 1.29 is 17.9 Å². The summed E-state index contributed by atoms with van der Waals surface area (Å²) in [5.41, 5.74) is -1.58. The van der Waals surface area contributed by atoms with Gasteiger partial charge in [-0.05, 0) is 38.5 Å². The molecular weight excluding hydrogens is 243 g/mol. The Hall–Kier alpha value is -0.290. The van der Waals surface area contributed by atoms with Crippen molar-refractivity contribution in [1.82, 2.24) is 5.32 Å². The topological polar surface area (TPSA) is 21.3 Å². The molecule has 0 amide bonds. The number of rotatable bonds is 3. The maximum atomic E-state index is 12.8. The third-order valence-electron chi connectivity index (χ3n) is 4.81. The first-order chi connectivity index (χ1) is 8.45. The summed E-state index contributed by atoms with van der Waals surface area (Å²) in [6, 6.07) is 0. The van der Waals surface area contributed by atoms with Crippen molar-refractivity contribution in [3.05, 3.63) is 0 Å². The van der Waals surface area contributed by atoms with E-state index >= 15 is 0 Å². The molecule has 3 fully saturated rings. The summed E-state index contributed by atoms with van der Waals surface area (Å²) in [4.78, 5) is 0. The summed E-state index contributed by atoms with van der Waals surface area (Å²) >= 11 is 0. The standard InChI is InChI=1S/C13H20F3NO/c14-13(15,16)12(7-8-12)17-9-10-3-6-11(18-10)4-1-2-5-11/h10,17H,1-9H2. The van der Waals surface area contributed by atoms with Crippen molar-refractivity contribution in [2.45, 2.75) is 74.8 Å². The molecule has 1 atom stereocenters. The molecule has 0 aromatic heterocycles. The van der Waals surface area contributed by atoms with Gasteiger partial charge in [-0.3, -0.25) is 0 Å². The van der Waals surface area contributed by atoms with Crippen LogP contribution in [-0.2, 0) is 4.74 Å². The van der Waals surface area contributed by atoms with Crippen LogP contribution in [0.15, 0.2) is 0 Å². The van der Waals surface area contributed by atoms with Crippen molar-refractivity contribution in [3.8, 4) is 0 Å². The molecule has 0 aromatic carbocycles. The summed E-state index contributed by atoms with van der Waals surface area (Å²) in [6.07, 6.45) is 2.81. The van der Waals surface area contributed by atoms with E-state index in [1.165, 1.54) is 12.8 Å². The molecular formula is C13H20F3NO. The minimum Gasteiger partial charge on any atom is -0.370 e. The van der Waals surface area contributed by atoms with Crippen LogP contribution in [0.25, 0.3) is 0 Å². The highest BCUT2D eigenvalue weighted by atomic mass is 19.4. The van der Waals surface area contributed by atoms with Gasteiger partial charge in [-0.1, -0.05) is 12.8 Å². The van der Waals surface area contributed by atoms with Crippen molar-refractivity contribution in [2.24, 2.45) is 0 Å². The highest BCUT2D eigenvalue weighted by molar-refractivity contribution is 5.08. The molecule has 1 aliphatic heterocycles. The number of halogens is 3. The first-order valence-corrected chi connectivity index (χ1v) is 6.94. The molecule has 0 aromatic rings. The number of hydrogen-bond acceptors (Lipinski definition) is 2. The lowest BCUT2D eigenvalue weighted by Crippen LogP contribution is -2.47. The average molecular weight is 263 g/mol. The largest absolute Gasteiger partial charge is 0.406 e. The fraction of sp³-hybridized carbons (Fsp3) is 1.00. The number of ether oxygens (including phenoxy) is 1. The molecule has 5 heteroatoms. The maximum absolute atomic E-state index is 12.8. The Morgan fingerprint density at radius 1 is 1.06 bits per heavy atom. The van der Waals surface area contributed by atoms with Crippen LogP contribution in [0.1, 0.15) is 51.4 Å². The highest BCUT2D eigenvalue weighted by Gasteiger charge is 2.63. The zero-order valence-electron chi connectivity index (χ0n) is 10.5. The third kappa shape index (κ3) is 2.16. The van der Waals surface area contributed by atoms with Crippen LogP contribution in [0.5, 0.6) is 0 Å². The predicted octanol–water partition coefficient (Wildman–Crippen LogP) is 3.16. The molecule has 1 unspecified atom stereocenters. The van der Waals surface area contributed by atoms with E-state index in [4.69, 9.17) is 4.74 Å². The normalized spacial score (nSPS) is 33.2. The Bertz CT molecular complexity index is 319. The van der Waals surface area contributed by atoms with Crippen LogP contribution in [0.2, 0.25) is 0 Å². The van der Waals surface area contributed by atoms with Gasteiger partial charge < -0.3 is 10.1 Å². The summed E-state index contributed by atoms with van der Waals surface area (Å²) in [7, 11) is 0. The van der Waals surface area contributed by atoms with Crippen LogP contribution >= 0.6 is 0 Å². The van der Waals surface area contributed by atoms with E-state index in [9.17, 15) is 13.2 Å². The van der Waals surface area contributed by atoms with Crippen LogP contribution in [-0.4, -0.2) is 30.0 Å². The van der Waals surface area contributed by atoms with E-state index in [1.807, 2.05) is 0 Å². The van der Waals surface area contributed by atoms with Crippen molar-refractivity contribution in [2.75, 3.05) is 6.54 Å². The van der Waals surface area contributed by atoms with E-state index in [-0.39, 0.29) is 24.5 Å². The monoisotopic (exact) mass is 263 g/mol. The number of nitrogens with one attached hydrogen (secondary N) is 1. The molecule has 1 N–H and O–H groups in total. The van der Waals surface area contributed by atoms with Gasteiger partial charge in [0, 0.05) is 6.54 Å². The van der Waals surface area contributed by atoms with Gasteiger partial charge in [-0.25, -0.2) is 0 Å². The van der Waals surface area contributed by atoms with Gasteiger partial charge in [0.1, 0.15) is 5.54 Å². The molecule has 104 valence electrons. The Morgan fingerprint density at radius 3 is 2.28 bits per heavy atom. The molecule has 1 saturated heterocycles. The lowest BCUT2D eigenvalue weighted by Gasteiger charge is -2.26. The molecule has 2 aliphatic carbocycles. The summed E-state index contributed by atoms with van der Waals surface area (Å²) < 4.78 is 44.3. The second-order valence-corrected chi connectivity index (χ2v) is 6.13. The summed E-state index contributed by atoms with van der Waals surface area (Å²) in [5, 5.41) is 2.71. The lowest BCUT2D eigenvalue weighted by molar-refractivity contribution is -0.167. The van der Waals surface area contributed by atoms with Crippen LogP contribution in [0.4, 0.5) is 13.2 Å². The van der Waals surface area contributed by atoms with Gasteiger partial charge >= 0.3 is 6.18 Å². The smallest absolute Gasteiger partial charge is 0.370 e. The zero-order valence-corrected chi connectivity index (χ0v) is 10.5. The van der Waals surface area contributed by atoms with Crippen LogP contribution in [0, 0.1) is 0 Å².